The maximum atomic E-state index is 12.7. The number of halogens is 1. The number of nitrogens with one attached hydrogen (secondary N) is 5. The quantitative estimate of drug-likeness (QED) is 0.00878. The molecule has 0 aliphatic carbocycles. The lowest BCUT2D eigenvalue weighted by Crippen LogP contribution is -2.20. The summed E-state index contributed by atoms with van der Waals surface area (Å²) >= 11 is 5.21. The molecule has 8 N–H and O–H groups in total. The molecular weight excluding hydrogens is 1720 g/mol. The highest BCUT2D eigenvalue weighted by Crippen LogP contribution is 2.43. The van der Waals surface area contributed by atoms with Crippen molar-refractivity contribution in [2.24, 2.45) is 9.98 Å². The summed E-state index contributed by atoms with van der Waals surface area (Å²) in [5.41, 5.74) is 30.6. The molecule has 15 aromatic carbocycles. The van der Waals surface area contributed by atoms with Gasteiger partial charge in [-0.05, 0) is 239 Å². The zero-order chi connectivity index (χ0) is 95.5. The minimum atomic E-state index is -0.545. The number of aliphatic imine (C=N–C) groups is 2. The number of hydrogen-bond donors (Lipinski definition) is 7. The fourth-order valence-electron chi connectivity index (χ4n) is 14.4. The molecule has 0 atom stereocenters. The average Bonchev–Trinajstić information content (AvgIpc) is 1.66. The van der Waals surface area contributed by atoms with Crippen molar-refractivity contribution in [3.63, 3.8) is 0 Å². The predicted octanol–water partition coefficient (Wildman–Crippen LogP) is 23.8. The maximum Gasteiger partial charge on any atom is 0.337 e. The number of carbonyl (C=O) groups is 8. The van der Waals surface area contributed by atoms with Gasteiger partial charge in [0.25, 0.3) is 23.0 Å². The van der Waals surface area contributed by atoms with E-state index in [0.717, 1.165) is 133 Å². The van der Waals surface area contributed by atoms with E-state index in [0.29, 0.717) is 50.2 Å². The highest BCUT2D eigenvalue weighted by atomic mass is 35.5. The molecule has 2 aliphatic rings. The molecule has 2 heterocycles. The van der Waals surface area contributed by atoms with Crippen LogP contribution in [0.5, 0.6) is 0 Å². The second-order valence-electron chi connectivity index (χ2n) is 29.6. The van der Waals surface area contributed by atoms with E-state index in [1.807, 2.05) is 249 Å². The molecule has 24 nitrogen and oxygen atoms in total. The molecule has 2 aliphatic heterocycles. The second kappa shape index (κ2) is 48.3. The third-order valence-corrected chi connectivity index (χ3v) is 21.4. The van der Waals surface area contributed by atoms with Crippen molar-refractivity contribution in [2.45, 2.75) is 20.8 Å². The molecule has 0 fully saturated rings. The van der Waals surface area contributed by atoms with Gasteiger partial charge in [-0.1, -0.05) is 176 Å². The summed E-state index contributed by atoms with van der Waals surface area (Å²) in [6, 6.07) is 118. The van der Waals surface area contributed by atoms with E-state index in [-0.39, 0.29) is 17.8 Å². The van der Waals surface area contributed by atoms with Crippen molar-refractivity contribution in [3.05, 3.63) is 449 Å². The largest absolute Gasteiger partial charge is 0.465 e. The van der Waals surface area contributed by atoms with E-state index < -0.39 is 29.1 Å². The summed E-state index contributed by atoms with van der Waals surface area (Å²) < 4.78 is 18.6. The minimum Gasteiger partial charge on any atom is -0.465 e. The van der Waals surface area contributed by atoms with Gasteiger partial charge in [0.1, 0.15) is 0 Å². The molecule has 0 unspecified atom stereocenters. The van der Waals surface area contributed by atoms with Crippen LogP contribution in [-0.2, 0) is 18.9 Å². The zero-order valence-corrected chi connectivity index (χ0v) is 75.8. The maximum absolute atomic E-state index is 12.7. The molecule has 15 aromatic rings. The average molecular weight is 1820 g/mol. The van der Waals surface area contributed by atoms with Crippen LogP contribution in [0.15, 0.2) is 392 Å². The molecule has 0 spiro atoms. The lowest BCUT2D eigenvalue weighted by atomic mass is 9.99. The van der Waals surface area contributed by atoms with Crippen molar-refractivity contribution in [1.82, 2.24) is 5.48 Å². The monoisotopic (exact) mass is 1820 g/mol. The van der Waals surface area contributed by atoms with Crippen LogP contribution in [0.3, 0.4) is 0 Å². The van der Waals surface area contributed by atoms with Crippen LogP contribution in [0, 0.1) is 0 Å². The zero-order valence-electron chi connectivity index (χ0n) is 75.0. The Balaban J connectivity index is 0.000000149. The predicted molar refractivity (Wildman–Crippen MR) is 537 cm³/mol. The molecule has 25 heteroatoms. The first kappa shape index (κ1) is 96.7. The van der Waals surface area contributed by atoms with Crippen LogP contribution in [0.4, 0.5) is 85.3 Å². The van der Waals surface area contributed by atoms with Gasteiger partial charge in [-0.3, -0.25) is 24.4 Å². The highest BCUT2D eigenvalue weighted by molar-refractivity contribution is 6.67. The number of nitrogens with two attached hydrogens (primary N) is 1. The molecule has 0 bridgehead atoms. The van der Waals surface area contributed by atoms with Gasteiger partial charge < -0.3 is 60.6 Å². The minimum absolute atomic E-state index is 0.243. The van der Waals surface area contributed by atoms with Gasteiger partial charge in [0, 0.05) is 81.2 Å². The van der Waals surface area contributed by atoms with E-state index in [9.17, 15) is 38.4 Å². The number of anilines is 13. The number of methoxy groups -OCH3 is 4. The summed E-state index contributed by atoms with van der Waals surface area (Å²) in [4.78, 5) is 110. The van der Waals surface area contributed by atoms with Crippen molar-refractivity contribution in [1.29, 1.82) is 0 Å². The standard InChI is InChI=1S/C23H22N2O3.C23H20N2O2.C22H19N3O2.C21H18N2O3.C12H12N2.C9H7ClO3/c1-3-25(19-9-5-4-6-10-19)21-12-8-7-11-20(21)24-22(26)17-13-15-18(16-14-17)23(27)28-2;1-3-25-20-10-6-4-8-18(20)22(24-19-9-5-7-11-21(19)25)16-12-14-17(15-13-16)23(26)27-2;1-2-25-19-9-5-3-7-17(19)21(23-18-8-4-6-10-20(18)25)15-11-13-16(14-12-15)22(26)24-27;1-26-21(25)16-13-11-15(12-14-16)20(24)23-19-10-6-5-9-18(19)22-17-7-3-2-4-8-17;13-11-8-4-5-9-12(11)14-10-6-2-1-3-7-10;1-13-9(12)7-4-2-6(3-5-7)8(10)11/h4-16H,3H2,1-2H3,(H,24,26);4-15H,3H2,1-2H3;3-14,27H,2H2,1H3,(H,24,26);2-14,22H,1H3,(H,23,24);1-9,14H,13H2;2-5H,1H3. The highest BCUT2D eigenvalue weighted by Gasteiger charge is 2.26. The van der Waals surface area contributed by atoms with E-state index in [1.54, 1.807) is 78.3 Å². The summed E-state index contributed by atoms with van der Waals surface area (Å²) in [7, 11) is 5.33. The van der Waals surface area contributed by atoms with Crippen LogP contribution in [0.2, 0.25) is 0 Å². The molecule has 678 valence electrons. The van der Waals surface area contributed by atoms with Crippen LogP contribution in [0.1, 0.15) is 126 Å². The molecule has 135 heavy (non-hydrogen) atoms. The summed E-state index contributed by atoms with van der Waals surface area (Å²) in [5.74, 6) is -2.68. The molecule has 0 saturated carbocycles. The number of para-hydroxylation sites is 15. The molecule has 0 radical (unpaired) electrons. The summed E-state index contributed by atoms with van der Waals surface area (Å²) in [6.07, 6.45) is 0. The molecule has 0 aromatic heterocycles. The van der Waals surface area contributed by atoms with Crippen LogP contribution < -0.4 is 47.2 Å². The number of hydroxylamine groups is 1. The summed E-state index contributed by atoms with van der Waals surface area (Å²) in [6.45, 7) is 8.76. The number of fused-ring (bicyclic) bond motifs is 4. The normalized spacial score (nSPS) is 11.0. The Morgan fingerprint density at radius 1 is 0.333 bits per heavy atom. The lowest BCUT2D eigenvalue weighted by Gasteiger charge is -2.26. The first-order valence-corrected chi connectivity index (χ1v) is 43.3. The lowest BCUT2D eigenvalue weighted by molar-refractivity contribution is 0.0592. The van der Waals surface area contributed by atoms with Crippen LogP contribution >= 0.6 is 11.6 Å². The van der Waals surface area contributed by atoms with E-state index in [4.69, 9.17) is 37.3 Å². The SMILES string of the molecule is CCN(c1ccccc1)c1ccccc1NC(=O)c1ccc(C(=O)OC)cc1.CCN1c2ccccc2N=C(c2ccc(C(=O)NO)cc2)c2ccccc21.CCN1c2ccccc2N=C(c2ccc(C(=O)OC)cc2)c2ccccc21.COC(=O)c1ccc(C(=O)Cl)cc1.COC(=O)c1ccc(C(=O)Nc2ccccc2Nc2ccccc2)cc1.Nc1ccccc1Nc1ccccc1. The van der Waals surface area contributed by atoms with E-state index in [1.165, 1.54) is 52.7 Å². The van der Waals surface area contributed by atoms with Gasteiger partial charge in [0.2, 0.25) is 0 Å². The van der Waals surface area contributed by atoms with Gasteiger partial charge >= 0.3 is 23.9 Å². The van der Waals surface area contributed by atoms with Gasteiger partial charge in [-0.15, -0.1) is 0 Å². The number of nitrogen functional groups attached to an aromatic ring is 1. The number of hydrogen-bond acceptors (Lipinski definition) is 21. The van der Waals surface area contributed by atoms with Gasteiger partial charge in [0.05, 0.1) is 130 Å². The van der Waals surface area contributed by atoms with Crippen LogP contribution in [0.25, 0.3) is 0 Å². The first-order valence-electron chi connectivity index (χ1n) is 43.0. The molecule has 3 amide bonds. The Morgan fingerprint density at radius 3 is 1.04 bits per heavy atom. The number of rotatable bonds is 21. The van der Waals surface area contributed by atoms with Crippen molar-refractivity contribution in [2.75, 3.05) is 89.8 Å². The van der Waals surface area contributed by atoms with Crippen molar-refractivity contribution >= 4 is 155 Å². The van der Waals surface area contributed by atoms with Gasteiger partial charge in [-0.2, -0.15) is 0 Å². The molecule has 0 saturated heterocycles. The van der Waals surface area contributed by atoms with E-state index >= 15 is 0 Å². The summed E-state index contributed by atoms with van der Waals surface area (Å²) in [5, 5.41) is 20.7. The van der Waals surface area contributed by atoms with Crippen molar-refractivity contribution in [3.8, 4) is 0 Å². The van der Waals surface area contributed by atoms with Crippen LogP contribution in [-0.4, -0.2) is 112 Å². The fraction of sp³-hybridized carbons (Fsp3) is 0.0909. The fourth-order valence-corrected chi connectivity index (χ4v) is 14.6. The number of ether oxygens (including phenoxy) is 4. The Hall–Kier alpha value is -17.4. The topological polar surface area (TPSA) is 314 Å². The Labute approximate surface area is 788 Å². The van der Waals surface area contributed by atoms with Gasteiger partial charge in [-0.25, -0.2) is 34.6 Å². The molecular formula is C110H98ClN11O13. The Kier molecular flexibility index (Phi) is 34.6. The number of amides is 3. The number of benzene rings is 15. The number of carbonyl (C=O) groups excluding carboxylic acids is 8. The first-order chi connectivity index (χ1) is 65.8. The second-order valence-corrected chi connectivity index (χ2v) is 30.0. The Bertz CT molecular complexity index is 6510. The number of nitrogens with zero attached hydrogens (tertiary/aromatic N) is 5. The smallest absolute Gasteiger partial charge is 0.337 e. The third kappa shape index (κ3) is 25.4. The van der Waals surface area contributed by atoms with E-state index in [2.05, 4.69) is 107 Å². The number of esters is 4. The Morgan fingerprint density at radius 2 is 0.644 bits per heavy atom. The molecule has 17 rings (SSSR count). The van der Waals surface area contributed by atoms with Gasteiger partial charge in [0.15, 0.2) is 0 Å². The van der Waals surface area contributed by atoms with Crippen molar-refractivity contribution < 1.29 is 62.5 Å². The third-order valence-electron chi connectivity index (χ3n) is 21.2.